The van der Waals surface area contributed by atoms with E-state index in [0.717, 1.165) is 10.0 Å². The van der Waals surface area contributed by atoms with Gasteiger partial charge in [0.05, 0.1) is 18.4 Å². The van der Waals surface area contributed by atoms with E-state index in [1.807, 2.05) is 5.38 Å². The van der Waals surface area contributed by atoms with Crippen LogP contribution in [0.25, 0.3) is 0 Å². The first kappa shape index (κ1) is 17.6. The van der Waals surface area contributed by atoms with Crippen LogP contribution in [0.4, 0.5) is 5.69 Å². The molecular formula is C18H18N2O3S2. The lowest BCUT2D eigenvalue weighted by Crippen LogP contribution is -1.99. The van der Waals surface area contributed by atoms with Gasteiger partial charge in [-0.2, -0.15) is 0 Å². The number of carboxylic acids is 1. The number of hydrogen-bond donors (Lipinski definition) is 2. The van der Waals surface area contributed by atoms with Crippen molar-refractivity contribution in [2.24, 2.45) is 5.92 Å². The molecule has 3 rings (SSSR count). The van der Waals surface area contributed by atoms with Crippen molar-refractivity contribution in [1.29, 1.82) is 0 Å². The zero-order valence-corrected chi connectivity index (χ0v) is 15.4. The number of methoxy groups -OCH3 is 1. The lowest BCUT2D eigenvalue weighted by molar-refractivity contribution is 0.0696. The van der Waals surface area contributed by atoms with Crippen LogP contribution in [-0.2, 0) is 0 Å². The number of nitrogens with one attached hydrogen (secondary N) is 1. The molecule has 25 heavy (non-hydrogen) atoms. The molecule has 1 heterocycles. The van der Waals surface area contributed by atoms with Crippen LogP contribution in [0, 0.1) is 17.8 Å². The average Bonchev–Trinajstić information content (AvgIpc) is 3.29. The van der Waals surface area contributed by atoms with Crippen LogP contribution in [-0.4, -0.2) is 23.2 Å². The number of carbonyl (C=O) groups is 1. The highest BCUT2D eigenvalue weighted by atomic mass is 32.2. The molecule has 0 spiro atoms. The summed E-state index contributed by atoms with van der Waals surface area (Å²) in [6, 6.07) is 4.71. The fourth-order valence-electron chi connectivity index (χ4n) is 2.61. The Labute approximate surface area is 155 Å². The third kappa shape index (κ3) is 4.68. The molecule has 7 heteroatoms. The van der Waals surface area contributed by atoms with Gasteiger partial charge in [0.2, 0.25) is 0 Å². The summed E-state index contributed by atoms with van der Waals surface area (Å²) in [7, 11) is 1.51. The number of ether oxygens (including phenoxy) is 1. The maximum absolute atomic E-state index is 11.0. The fraction of sp³-hybridized carbons (Fsp3) is 0.333. The maximum Gasteiger partial charge on any atom is 0.335 e. The van der Waals surface area contributed by atoms with Gasteiger partial charge in [-0.1, -0.05) is 18.8 Å². The molecule has 0 saturated heterocycles. The van der Waals surface area contributed by atoms with Crippen molar-refractivity contribution >= 4 is 34.9 Å². The van der Waals surface area contributed by atoms with Crippen LogP contribution in [0.5, 0.6) is 5.75 Å². The Hall–Kier alpha value is -2.17. The summed E-state index contributed by atoms with van der Waals surface area (Å²) in [5.74, 6) is 6.50. The van der Waals surface area contributed by atoms with Crippen molar-refractivity contribution in [1.82, 2.24) is 4.98 Å². The van der Waals surface area contributed by atoms with Gasteiger partial charge in [-0.25, -0.2) is 9.78 Å². The summed E-state index contributed by atoms with van der Waals surface area (Å²) in [5.41, 5.74) is 0.884. The third-order valence-electron chi connectivity index (χ3n) is 3.94. The lowest BCUT2D eigenvalue weighted by atomic mass is 10.1. The summed E-state index contributed by atoms with van der Waals surface area (Å²) in [5, 5.41) is 12.6. The van der Waals surface area contributed by atoms with E-state index < -0.39 is 5.97 Å². The summed E-state index contributed by atoms with van der Waals surface area (Å²) in [6.07, 6.45) is 4.97. The molecule has 5 nitrogen and oxygen atoms in total. The second-order valence-electron chi connectivity index (χ2n) is 5.67. The predicted molar refractivity (Wildman–Crippen MR) is 100 cm³/mol. The second kappa shape index (κ2) is 8.28. The zero-order valence-electron chi connectivity index (χ0n) is 13.7. The van der Waals surface area contributed by atoms with E-state index in [9.17, 15) is 4.79 Å². The SMILES string of the molecule is COc1cc(C(=O)O)ccc1NSc1csc(C#CC2CCCC2)n1. The standard InChI is InChI=1S/C18H18N2O3S2/c1-23-15-10-13(18(21)22)7-8-14(15)20-25-17-11-24-16(19-17)9-6-12-4-2-3-5-12/h7-8,10-12,20H,2-5H2,1H3,(H,21,22). The lowest BCUT2D eigenvalue weighted by Gasteiger charge is -2.10. The Balaban J connectivity index is 1.63. The topological polar surface area (TPSA) is 71.5 Å². The van der Waals surface area contributed by atoms with Crippen LogP contribution in [0.15, 0.2) is 28.6 Å². The van der Waals surface area contributed by atoms with Gasteiger partial charge in [-0.3, -0.25) is 0 Å². The maximum atomic E-state index is 11.0. The molecule has 1 aromatic carbocycles. The first-order chi connectivity index (χ1) is 12.2. The molecule has 0 bridgehead atoms. The highest BCUT2D eigenvalue weighted by Crippen LogP contribution is 2.31. The number of anilines is 1. The van der Waals surface area contributed by atoms with Crippen LogP contribution in [0.2, 0.25) is 0 Å². The monoisotopic (exact) mass is 374 g/mol. The minimum atomic E-state index is -0.984. The molecule has 1 aromatic heterocycles. The summed E-state index contributed by atoms with van der Waals surface area (Å²) in [4.78, 5) is 15.5. The minimum Gasteiger partial charge on any atom is -0.495 e. The van der Waals surface area contributed by atoms with Gasteiger partial charge in [-0.15, -0.1) is 11.3 Å². The number of rotatable bonds is 5. The molecule has 0 radical (unpaired) electrons. The number of benzene rings is 1. The third-order valence-corrected chi connectivity index (χ3v) is 5.58. The van der Waals surface area contributed by atoms with Gasteiger partial charge in [0.25, 0.3) is 0 Å². The molecule has 1 aliphatic rings. The van der Waals surface area contributed by atoms with E-state index in [-0.39, 0.29) is 5.56 Å². The molecule has 1 saturated carbocycles. The van der Waals surface area contributed by atoms with Gasteiger partial charge in [-0.05, 0) is 37.0 Å². The van der Waals surface area contributed by atoms with Gasteiger partial charge in [0.15, 0.2) is 5.01 Å². The summed E-state index contributed by atoms with van der Waals surface area (Å²) >= 11 is 2.88. The summed E-state index contributed by atoms with van der Waals surface area (Å²) < 4.78 is 8.40. The Kier molecular flexibility index (Phi) is 5.84. The molecule has 1 fully saturated rings. The van der Waals surface area contributed by atoms with E-state index in [1.165, 1.54) is 68.2 Å². The van der Waals surface area contributed by atoms with Gasteiger partial charge in [0, 0.05) is 23.2 Å². The van der Waals surface area contributed by atoms with Crippen molar-refractivity contribution in [3.63, 3.8) is 0 Å². The van der Waals surface area contributed by atoms with Crippen molar-refractivity contribution < 1.29 is 14.6 Å². The normalized spacial score (nSPS) is 14.0. The number of hydrogen-bond acceptors (Lipinski definition) is 6. The number of carboxylic acid groups (broad SMARTS) is 1. The highest BCUT2D eigenvalue weighted by molar-refractivity contribution is 8.00. The number of nitrogens with zero attached hydrogens (tertiary/aromatic N) is 1. The molecular weight excluding hydrogens is 356 g/mol. The first-order valence-corrected chi connectivity index (χ1v) is 9.66. The molecule has 2 aromatic rings. The number of aromatic nitrogens is 1. The van der Waals surface area contributed by atoms with Gasteiger partial charge >= 0.3 is 5.97 Å². The quantitative estimate of drug-likeness (QED) is 0.593. The Morgan fingerprint density at radius 2 is 2.24 bits per heavy atom. The van der Waals surface area contributed by atoms with Crippen LogP contribution < -0.4 is 9.46 Å². The van der Waals surface area contributed by atoms with E-state index in [4.69, 9.17) is 9.84 Å². The van der Waals surface area contributed by atoms with Gasteiger partial charge in [0.1, 0.15) is 10.8 Å². The van der Waals surface area contributed by atoms with E-state index in [0.29, 0.717) is 17.4 Å². The Morgan fingerprint density at radius 1 is 1.44 bits per heavy atom. The molecule has 0 atom stereocenters. The minimum absolute atomic E-state index is 0.186. The van der Waals surface area contributed by atoms with E-state index in [2.05, 4.69) is 21.5 Å². The molecule has 0 unspecified atom stereocenters. The number of thiazole rings is 1. The highest BCUT2D eigenvalue weighted by Gasteiger charge is 2.12. The zero-order chi connectivity index (χ0) is 17.6. The van der Waals surface area contributed by atoms with Crippen LogP contribution >= 0.6 is 23.3 Å². The average molecular weight is 374 g/mol. The first-order valence-electron chi connectivity index (χ1n) is 7.97. The van der Waals surface area contributed by atoms with E-state index >= 15 is 0 Å². The smallest absolute Gasteiger partial charge is 0.335 e. The van der Waals surface area contributed by atoms with Crippen molar-refractivity contribution in [3.8, 4) is 17.6 Å². The summed E-state index contributed by atoms with van der Waals surface area (Å²) in [6.45, 7) is 0. The predicted octanol–water partition coefficient (Wildman–Crippen LogP) is 4.51. The van der Waals surface area contributed by atoms with Gasteiger partial charge < -0.3 is 14.6 Å². The van der Waals surface area contributed by atoms with Crippen LogP contribution in [0.1, 0.15) is 41.0 Å². The number of aromatic carboxylic acids is 1. The molecule has 130 valence electrons. The van der Waals surface area contributed by atoms with Crippen LogP contribution in [0.3, 0.4) is 0 Å². The molecule has 1 aliphatic carbocycles. The molecule has 0 amide bonds. The second-order valence-corrected chi connectivity index (χ2v) is 7.35. The van der Waals surface area contributed by atoms with E-state index in [1.54, 1.807) is 6.07 Å². The Bertz CT molecular complexity index is 817. The molecule has 2 N–H and O–H groups in total. The largest absolute Gasteiger partial charge is 0.495 e. The van der Waals surface area contributed by atoms with Crippen molar-refractivity contribution in [2.45, 2.75) is 30.7 Å². The van der Waals surface area contributed by atoms with Crippen molar-refractivity contribution in [2.75, 3.05) is 11.8 Å². The van der Waals surface area contributed by atoms with Crippen molar-refractivity contribution in [3.05, 3.63) is 34.2 Å². The molecule has 0 aliphatic heterocycles. The Morgan fingerprint density at radius 3 is 2.96 bits per heavy atom. The fourth-order valence-corrected chi connectivity index (χ4v) is 4.06.